The van der Waals surface area contributed by atoms with E-state index in [9.17, 15) is 0 Å². The van der Waals surface area contributed by atoms with Gasteiger partial charge in [-0.1, -0.05) is 45.4 Å². The summed E-state index contributed by atoms with van der Waals surface area (Å²) < 4.78 is 0. The van der Waals surface area contributed by atoms with Crippen LogP contribution in [0.15, 0.2) is 24.3 Å². The van der Waals surface area contributed by atoms with E-state index in [0.29, 0.717) is 11.8 Å². The summed E-state index contributed by atoms with van der Waals surface area (Å²) in [6, 6.07) is 0. The number of nitrogens with one attached hydrogen (secondary N) is 1. The molecule has 0 radical (unpaired) electrons. The Morgan fingerprint density at radius 3 is 2.44 bits per heavy atom. The van der Waals surface area contributed by atoms with Gasteiger partial charge in [-0.25, -0.2) is 0 Å². The standard InChI is InChI=1S/C15H29N/c1-6-9-14(5)15(13(4)8-3)10-12-16-11-7-2/h6,10,13-14,16H,1,7-9,11-12H2,2-5H3/b15-10+. The Labute approximate surface area is 102 Å². The van der Waals surface area contributed by atoms with Crippen molar-refractivity contribution in [1.82, 2.24) is 5.32 Å². The summed E-state index contributed by atoms with van der Waals surface area (Å²) >= 11 is 0. The van der Waals surface area contributed by atoms with Gasteiger partial charge in [-0.15, -0.1) is 6.58 Å². The van der Waals surface area contributed by atoms with E-state index in [1.165, 1.54) is 12.8 Å². The normalized spacial score (nSPS) is 15.9. The fourth-order valence-corrected chi connectivity index (χ4v) is 1.98. The van der Waals surface area contributed by atoms with Gasteiger partial charge in [0.15, 0.2) is 0 Å². The molecule has 0 fully saturated rings. The van der Waals surface area contributed by atoms with Crippen molar-refractivity contribution in [2.45, 2.75) is 47.0 Å². The summed E-state index contributed by atoms with van der Waals surface area (Å²) in [6.45, 7) is 15.0. The molecule has 0 bridgehead atoms. The Morgan fingerprint density at radius 1 is 1.25 bits per heavy atom. The average molecular weight is 223 g/mol. The van der Waals surface area contributed by atoms with Gasteiger partial charge in [0.2, 0.25) is 0 Å². The minimum absolute atomic E-state index is 0.635. The molecular formula is C15H29N. The van der Waals surface area contributed by atoms with Gasteiger partial charge in [0.1, 0.15) is 0 Å². The molecule has 0 aliphatic rings. The van der Waals surface area contributed by atoms with E-state index in [1.807, 2.05) is 6.08 Å². The summed E-state index contributed by atoms with van der Waals surface area (Å²) in [5.41, 5.74) is 1.59. The highest BCUT2D eigenvalue weighted by Crippen LogP contribution is 2.25. The van der Waals surface area contributed by atoms with Crippen LogP contribution in [-0.2, 0) is 0 Å². The van der Waals surface area contributed by atoms with Gasteiger partial charge in [0.05, 0.1) is 0 Å². The third-order valence-electron chi connectivity index (χ3n) is 3.18. The zero-order valence-electron chi connectivity index (χ0n) is 11.6. The molecule has 1 heteroatoms. The number of hydrogen-bond donors (Lipinski definition) is 1. The fourth-order valence-electron chi connectivity index (χ4n) is 1.98. The van der Waals surface area contributed by atoms with Crippen molar-refractivity contribution in [3.63, 3.8) is 0 Å². The third-order valence-corrected chi connectivity index (χ3v) is 3.18. The predicted molar refractivity (Wildman–Crippen MR) is 74.7 cm³/mol. The van der Waals surface area contributed by atoms with Gasteiger partial charge in [0, 0.05) is 6.54 Å². The lowest BCUT2D eigenvalue weighted by molar-refractivity contribution is 0.540. The van der Waals surface area contributed by atoms with E-state index < -0.39 is 0 Å². The van der Waals surface area contributed by atoms with Gasteiger partial charge < -0.3 is 5.32 Å². The molecule has 2 atom stereocenters. The van der Waals surface area contributed by atoms with Gasteiger partial charge in [-0.3, -0.25) is 0 Å². The second kappa shape index (κ2) is 9.65. The summed E-state index contributed by atoms with van der Waals surface area (Å²) in [7, 11) is 0. The van der Waals surface area contributed by atoms with Crippen molar-refractivity contribution in [2.24, 2.45) is 11.8 Å². The van der Waals surface area contributed by atoms with Gasteiger partial charge in [-0.05, 0) is 37.6 Å². The van der Waals surface area contributed by atoms with Crippen molar-refractivity contribution >= 4 is 0 Å². The zero-order chi connectivity index (χ0) is 12.4. The first-order valence-corrected chi connectivity index (χ1v) is 6.68. The molecule has 0 aromatic rings. The number of hydrogen-bond acceptors (Lipinski definition) is 1. The van der Waals surface area contributed by atoms with E-state index in [-0.39, 0.29) is 0 Å². The van der Waals surface area contributed by atoms with Crippen LogP contribution in [0.25, 0.3) is 0 Å². The van der Waals surface area contributed by atoms with Crippen molar-refractivity contribution in [3.05, 3.63) is 24.3 Å². The van der Waals surface area contributed by atoms with Crippen LogP contribution in [0.5, 0.6) is 0 Å². The maximum Gasteiger partial charge on any atom is 0.0137 e. The first kappa shape index (κ1) is 15.4. The Bertz CT molecular complexity index is 205. The van der Waals surface area contributed by atoms with Crippen molar-refractivity contribution in [3.8, 4) is 0 Å². The fraction of sp³-hybridized carbons (Fsp3) is 0.733. The summed E-state index contributed by atoms with van der Waals surface area (Å²) in [5.74, 6) is 1.33. The first-order valence-electron chi connectivity index (χ1n) is 6.68. The van der Waals surface area contributed by atoms with E-state index in [0.717, 1.165) is 19.5 Å². The molecule has 0 saturated carbocycles. The maximum absolute atomic E-state index is 3.84. The van der Waals surface area contributed by atoms with Gasteiger partial charge >= 0.3 is 0 Å². The lowest BCUT2D eigenvalue weighted by Crippen LogP contribution is -2.17. The molecule has 94 valence electrons. The van der Waals surface area contributed by atoms with E-state index >= 15 is 0 Å². The topological polar surface area (TPSA) is 12.0 Å². The molecule has 0 aliphatic carbocycles. The molecule has 0 saturated heterocycles. The summed E-state index contributed by atoms with van der Waals surface area (Å²) in [4.78, 5) is 0. The highest BCUT2D eigenvalue weighted by atomic mass is 14.8. The van der Waals surface area contributed by atoms with Crippen LogP contribution in [0.3, 0.4) is 0 Å². The molecule has 0 heterocycles. The van der Waals surface area contributed by atoms with Crippen LogP contribution in [-0.4, -0.2) is 13.1 Å². The molecule has 0 amide bonds. The van der Waals surface area contributed by atoms with Crippen LogP contribution in [0.1, 0.15) is 47.0 Å². The highest BCUT2D eigenvalue weighted by Gasteiger charge is 2.12. The zero-order valence-corrected chi connectivity index (χ0v) is 11.6. The molecule has 2 unspecified atom stereocenters. The predicted octanol–water partition coefficient (Wildman–Crippen LogP) is 4.17. The second-order valence-electron chi connectivity index (χ2n) is 4.64. The molecule has 0 rings (SSSR count). The molecule has 0 aliphatic heterocycles. The smallest absolute Gasteiger partial charge is 0.0137 e. The van der Waals surface area contributed by atoms with Crippen molar-refractivity contribution < 1.29 is 0 Å². The SMILES string of the molecule is C=CCC(C)/C(=C/CNCCC)C(C)CC. The molecule has 0 aromatic carbocycles. The van der Waals surface area contributed by atoms with Crippen LogP contribution in [0, 0.1) is 11.8 Å². The maximum atomic E-state index is 3.84. The van der Waals surface area contributed by atoms with E-state index in [1.54, 1.807) is 5.57 Å². The molecule has 0 aromatic heterocycles. The van der Waals surface area contributed by atoms with Crippen LogP contribution in [0.2, 0.25) is 0 Å². The largest absolute Gasteiger partial charge is 0.313 e. The number of allylic oxidation sites excluding steroid dienone is 2. The van der Waals surface area contributed by atoms with E-state index in [2.05, 4.69) is 45.7 Å². The summed E-state index contributed by atoms with van der Waals surface area (Å²) in [6.07, 6.45) is 7.93. The Kier molecular flexibility index (Phi) is 9.31. The molecule has 1 N–H and O–H groups in total. The van der Waals surface area contributed by atoms with E-state index in [4.69, 9.17) is 0 Å². The monoisotopic (exact) mass is 223 g/mol. The minimum Gasteiger partial charge on any atom is -0.313 e. The Balaban J connectivity index is 4.34. The number of rotatable bonds is 9. The van der Waals surface area contributed by atoms with Crippen molar-refractivity contribution in [2.75, 3.05) is 13.1 Å². The average Bonchev–Trinajstić information content (AvgIpc) is 2.28. The lowest BCUT2D eigenvalue weighted by Gasteiger charge is -2.20. The quantitative estimate of drug-likeness (QED) is 0.457. The van der Waals surface area contributed by atoms with Gasteiger partial charge in [-0.2, -0.15) is 0 Å². The van der Waals surface area contributed by atoms with Crippen LogP contribution >= 0.6 is 0 Å². The molecule has 16 heavy (non-hydrogen) atoms. The molecule has 1 nitrogen and oxygen atoms in total. The lowest BCUT2D eigenvalue weighted by atomic mass is 9.86. The molecular weight excluding hydrogens is 194 g/mol. The van der Waals surface area contributed by atoms with Crippen molar-refractivity contribution in [1.29, 1.82) is 0 Å². The van der Waals surface area contributed by atoms with Crippen LogP contribution in [0.4, 0.5) is 0 Å². The molecule has 0 spiro atoms. The summed E-state index contributed by atoms with van der Waals surface area (Å²) in [5, 5.41) is 3.44. The third kappa shape index (κ3) is 6.12. The van der Waals surface area contributed by atoms with Gasteiger partial charge in [0.25, 0.3) is 0 Å². The highest BCUT2D eigenvalue weighted by molar-refractivity contribution is 5.11. The Morgan fingerprint density at radius 2 is 1.94 bits per heavy atom. The Hall–Kier alpha value is -0.560. The minimum atomic E-state index is 0.635. The first-order chi connectivity index (χ1) is 7.67. The second-order valence-corrected chi connectivity index (χ2v) is 4.64. The van der Waals surface area contributed by atoms with Crippen LogP contribution < -0.4 is 5.32 Å².